The Labute approximate surface area is 242 Å². The average Bonchev–Trinajstić information content (AvgIpc) is 3.55. The predicted octanol–water partition coefficient (Wildman–Crippen LogP) is 12.0. The fourth-order valence-electron chi connectivity index (χ4n) is 7.79. The van der Waals surface area contributed by atoms with Gasteiger partial charge in [0.25, 0.3) is 0 Å². The molecule has 0 saturated carbocycles. The van der Waals surface area contributed by atoms with Gasteiger partial charge in [-0.25, -0.2) is 0 Å². The summed E-state index contributed by atoms with van der Waals surface area (Å²) in [6, 6.07) is 54.1. The van der Waals surface area contributed by atoms with Crippen molar-refractivity contribution in [2.45, 2.75) is 0 Å². The minimum Gasteiger partial charge on any atom is -0.0622 e. The molecule has 0 radical (unpaired) electrons. The zero-order chi connectivity index (χ0) is 27.4. The van der Waals surface area contributed by atoms with E-state index in [1.54, 1.807) is 0 Å². The van der Waals surface area contributed by atoms with Gasteiger partial charge in [-0.1, -0.05) is 127 Å². The lowest BCUT2D eigenvalue weighted by atomic mass is 9.91. The second-order valence-electron chi connectivity index (χ2n) is 11.6. The maximum absolute atomic E-state index is 2.49. The van der Waals surface area contributed by atoms with Crippen LogP contribution in [0.4, 0.5) is 0 Å². The summed E-state index contributed by atoms with van der Waals surface area (Å²) in [7, 11) is 0. The van der Waals surface area contributed by atoms with E-state index in [0.29, 0.717) is 0 Å². The molecule has 0 atom stereocenters. The SMILES string of the molecule is c1ccc(-c2c3cc4c(cc3cc3c5cccc6cccc(c23)c65)c2c(-c3ccccc3)ccc3cccc4c32)cc1. The Hall–Kier alpha value is -5.46. The fraction of sp³-hybridized carbons (Fsp3) is 0. The minimum atomic E-state index is 1.26. The zero-order valence-electron chi connectivity index (χ0n) is 22.9. The van der Waals surface area contributed by atoms with E-state index < -0.39 is 0 Å². The molecule has 0 nitrogen and oxygen atoms in total. The molecule has 0 N–H and O–H groups in total. The maximum Gasteiger partial charge on any atom is -0.00137 e. The highest BCUT2D eigenvalue weighted by molar-refractivity contribution is 6.39. The first-order valence-corrected chi connectivity index (χ1v) is 14.7. The number of hydrogen-bond acceptors (Lipinski definition) is 0. The third-order valence-electron chi connectivity index (χ3n) is 9.49. The van der Waals surface area contributed by atoms with Crippen molar-refractivity contribution in [1.82, 2.24) is 0 Å². The van der Waals surface area contributed by atoms with Crippen LogP contribution in [0.1, 0.15) is 0 Å². The molecule has 0 aliphatic carbocycles. The van der Waals surface area contributed by atoms with Gasteiger partial charge >= 0.3 is 0 Å². The molecule has 0 bridgehead atoms. The molecule has 0 amide bonds. The van der Waals surface area contributed by atoms with Crippen LogP contribution in [0.5, 0.6) is 0 Å². The monoisotopic (exact) mass is 528 g/mol. The van der Waals surface area contributed by atoms with Crippen LogP contribution in [0, 0.1) is 0 Å². The van der Waals surface area contributed by atoms with Gasteiger partial charge in [0, 0.05) is 0 Å². The summed E-state index contributed by atoms with van der Waals surface area (Å²) in [4.78, 5) is 0. The van der Waals surface area contributed by atoms with Crippen LogP contribution in [-0.2, 0) is 0 Å². The molecule has 0 heteroatoms. The molecule has 0 unspecified atom stereocenters. The Morgan fingerprint density at radius 3 is 1.57 bits per heavy atom. The van der Waals surface area contributed by atoms with Crippen molar-refractivity contribution < 1.29 is 0 Å². The molecular weight excluding hydrogens is 504 g/mol. The van der Waals surface area contributed by atoms with Crippen LogP contribution in [0.15, 0.2) is 146 Å². The average molecular weight is 529 g/mol. The molecule has 0 spiro atoms. The normalized spacial score (nSPS) is 12.3. The van der Waals surface area contributed by atoms with Crippen molar-refractivity contribution in [1.29, 1.82) is 0 Å². The molecule has 42 heavy (non-hydrogen) atoms. The Balaban J connectivity index is 1.46. The van der Waals surface area contributed by atoms with Crippen LogP contribution in [0.2, 0.25) is 0 Å². The molecule has 0 aromatic heterocycles. The first-order chi connectivity index (χ1) is 20.8. The Bertz CT molecular complexity index is 2640. The van der Waals surface area contributed by atoms with E-state index in [0.717, 1.165) is 0 Å². The summed E-state index contributed by atoms with van der Waals surface area (Å²) in [5, 5.41) is 18.7. The van der Waals surface area contributed by atoms with Gasteiger partial charge in [0.15, 0.2) is 0 Å². The standard InChI is InChI=1S/C42H24/c1-3-10-25(11-4-1)30-21-20-28-16-8-17-31-35-24-34-29(23-37(35)41(30)39(28)31)22-36-32-18-7-14-26-15-9-19-33(38(26)32)42(36)40(34)27-12-5-2-6-13-27/h1-24H. The third-order valence-corrected chi connectivity index (χ3v) is 9.49. The maximum atomic E-state index is 2.49. The van der Waals surface area contributed by atoms with Crippen molar-refractivity contribution in [3.63, 3.8) is 0 Å². The minimum absolute atomic E-state index is 1.26. The zero-order valence-corrected chi connectivity index (χ0v) is 22.9. The molecule has 10 rings (SSSR count). The summed E-state index contributed by atoms with van der Waals surface area (Å²) in [6.07, 6.45) is 0. The highest BCUT2D eigenvalue weighted by atomic mass is 14.2. The van der Waals surface area contributed by atoms with Gasteiger partial charge in [0.05, 0.1) is 0 Å². The molecule has 10 aromatic carbocycles. The summed E-state index contributed by atoms with van der Waals surface area (Å²) in [6.45, 7) is 0. The lowest BCUT2D eigenvalue weighted by Crippen LogP contribution is -1.85. The number of hydrogen-bond donors (Lipinski definition) is 0. The Morgan fingerprint density at radius 2 is 0.857 bits per heavy atom. The van der Waals surface area contributed by atoms with Gasteiger partial charge < -0.3 is 0 Å². The molecule has 0 fully saturated rings. The highest BCUT2D eigenvalue weighted by Gasteiger charge is 2.21. The lowest BCUT2D eigenvalue weighted by molar-refractivity contribution is 1.67. The van der Waals surface area contributed by atoms with E-state index in [1.807, 2.05) is 0 Å². The molecule has 192 valence electrons. The number of rotatable bonds is 2. The molecule has 0 aliphatic rings. The van der Waals surface area contributed by atoms with Crippen LogP contribution in [0.25, 0.3) is 97.7 Å². The van der Waals surface area contributed by atoms with Gasteiger partial charge in [-0.15, -0.1) is 0 Å². The first kappa shape index (κ1) is 22.3. The predicted molar refractivity (Wildman–Crippen MR) is 182 cm³/mol. The summed E-state index contributed by atoms with van der Waals surface area (Å²) in [5.41, 5.74) is 5.16. The largest absolute Gasteiger partial charge is 0.0622 e. The van der Waals surface area contributed by atoms with E-state index in [9.17, 15) is 0 Å². The van der Waals surface area contributed by atoms with E-state index in [4.69, 9.17) is 0 Å². The smallest absolute Gasteiger partial charge is 0.00137 e. The number of benzene rings is 8. The van der Waals surface area contributed by atoms with Crippen molar-refractivity contribution >= 4 is 75.4 Å². The van der Waals surface area contributed by atoms with Gasteiger partial charge in [0.2, 0.25) is 0 Å². The molecule has 0 saturated heterocycles. The van der Waals surface area contributed by atoms with Crippen molar-refractivity contribution in [2.24, 2.45) is 0 Å². The second-order valence-corrected chi connectivity index (χ2v) is 11.6. The molecule has 10 aromatic rings. The van der Waals surface area contributed by atoms with Gasteiger partial charge in [-0.05, 0) is 116 Å². The first-order valence-electron chi connectivity index (χ1n) is 14.7. The van der Waals surface area contributed by atoms with Gasteiger partial charge in [-0.2, -0.15) is 0 Å². The quantitative estimate of drug-likeness (QED) is 0.209. The summed E-state index contributed by atoms with van der Waals surface area (Å²) >= 11 is 0. The van der Waals surface area contributed by atoms with Gasteiger partial charge in [-0.3, -0.25) is 0 Å². The molecule has 0 heterocycles. The summed E-state index contributed by atoms with van der Waals surface area (Å²) in [5.74, 6) is 0. The summed E-state index contributed by atoms with van der Waals surface area (Å²) < 4.78 is 0. The molecular formula is C42H24. The molecule has 0 aliphatic heterocycles. The van der Waals surface area contributed by atoms with Crippen LogP contribution >= 0.6 is 0 Å². The van der Waals surface area contributed by atoms with E-state index >= 15 is 0 Å². The van der Waals surface area contributed by atoms with Gasteiger partial charge in [0.1, 0.15) is 0 Å². The van der Waals surface area contributed by atoms with Crippen molar-refractivity contribution in [3.8, 4) is 22.3 Å². The van der Waals surface area contributed by atoms with Crippen LogP contribution in [-0.4, -0.2) is 0 Å². The fourth-order valence-corrected chi connectivity index (χ4v) is 7.79. The topological polar surface area (TPSA) is 0 Å². The third kappa shape index (κ3) is 2.81. The van der Waals surface area contributed by atoms with E-state index in [-0.39, 0.29) is 0 Å². The van der Waals surface area contributed by atoms with Crippen LogP contribution in [0.3, 0.4) is 0 Å². The second kappa shape index (κ2) is 8.06. The Morgan fingerprint density at radius 1 is 0.262 bits per heavy atom. The van der Waals surface area contributed by atoms with Crippen LogP contribution < -0.4 is 0 Å². The van der Waals surface area contributed by atoms with Crippen molar-refractivity contribution in [3.05, 3.63) is 146 Å². The highest BCUT2D eigenvalue weighted by Crippen LogP contribution is 2.49. The lowest BCUT2D eigenvalue weighted by Gasteiger charge is -2.12. The van der Waals surface area contributed by atoms with E-state index in [2.05, 4.69) is 146 Å². The number of fused-ring (bicyclic) bond motifs is 7. The van der Waals surface area contributed by atoms with E-state index in [1.165, 1.54) is 97.7 Å². The Kier molecular flexibility index (Phi) is 4.27. The van der Waals surface area contributed by atoms with Crippen molar-refractivity contribution in [2.75, 3.05) is 0 Å².